The molecule has 1 unspecified atom stereocenters. The van der Waals surface area contributed by atoms with Crippen molar-refractivity contribution in [3.63, 3.8) is 0 Å². The second-order valence-electron chi connectivity index (χ2n) is 9.54. The van der Waals surface area contributed by atoms with Crippen molar-refractivity contribution in [2.75, 3.05) is 6.54 Å². The van der Waals surface area contributed by atoms with Gasteiger partial charge in [0.25, 0.3) is 0 Å². The summed E-state index contributed by atoms with van der Waals surface area (Å²) < 4.78 is 59.0. The molecule has 0 aliphatic rings. The van der Waals surface area contributed by atoms with Gasteiger partial charge in [0, 0.05) is 18.0 Å². The Hall–Kier alpha value is -2.47. The number of unbranched alkanes of at least 4 members (excludes halogenated alkanes) is 1. The van der Waals surface area contributed by atoms with Crippen molar-refractivity contribution >= 4 is 10.9 Å². The SMILES string of the molecule is CC.CCCCNC(Cc1ccnc2ccccc12)(CC(C)(C)c1cc(F)ccc1C)C(F)(F)F. The molecule has 192 valence electrons. The van der Waals surface area contributed by atoms with Crippen LogP contribution in [-0.4, -0.2) is 23.2 Å². The van der Waals surface area contributed by atoms with Gasteiger partial charge in [-0.15, -0.1) is 0 Å². The lowest BCUT2D eigenvalue weighted by Gasteiger charge is -2.43. The van der Waals surface area contributed by atoms with Gasteiger partial charge in [0.2, 0.25) is 0 Å². The summed E-state index contributed by atoms with van der Waals surface area (Å²) in [6.07, 6.45) is -2.01. The van der Waals surface area contributed by atoms with E-state index in [4.69, 9.17) is 0 Å². The molecule has 0 saturated heterocycles. The van der Waals surface area contributed by atoms with Crippen LogP contribution in [0, 0.1) is 12.7 Å². The third-order valence-electron chi connectivity index (χ3n) is 6.44. The summed E-state index contributed by atoms with van der Waals surface area (Å²) in [6, 6.07) is 13.3. The molecule has 1 aromatic heterocycles. The van der Waals surface area contributed by atoms with Crippen LogP contribution >= 0.6 is 0 Å². The smallest absolute Gasteiger partial charge is 0.303 e. The number of hydrogen-bond acceptors (Lipinski definition) is 2. The lowest BCUT2D eigenvalue weighted by Crippen LogP contribution is -2.61. The van der Waals surface area contributed by atoms with Crippen LogP contribution in [-0.2, 0) is 11.8 Å². The number of fused-ring (bicyclic) bond motifs is 1. The summed E-state index contributed by atoms with van der Waals surface area (Å²) in [5.74, 6) is -0.444. The normalized spacial score (nSPS) is 13.8. The van der Waals surface area contributed by atoms with Crippen molar-refractivity contribution < 1.29 is 17.6 Å². The Balaban J connectivity index is 0.00000210. The van der Waals surface area contributed by atoms with Crippen LogP contribution in [0.15, 0.2) is 54.7 Å². The maximum Gasteiger partial charge on any atom is 0.406 e. The van der Waals surface area contributed by atoms with Crippen molar-refractivity contribution in [3.8, 4) is 0 Å². The van der Waals surface area contributed by atoms with E-state index in [0.717, 1.165) is 12.0 Å². The molecule has 0 aliphatic carbocycles. The number of aromatic nitrogens is 1. The van der Waals surface area contributed by atoms with Crippen LogP contribution in [0.4, 0.5) is 17.6 Å². The maximum absolute atomic E-state index is 15.0. The van der Waals surface area contributed by atoms with E-state index in [1.54, 1.807) is 38.2 Å². The molecule has 2 nitrogen and oxygen atoms in total. The van der Waals surface area contributed by atoms with E-state index in [0.29, 0.717) is 28.5 Å². The van der Waals surface area contributed by atoms with Gasteiger partial charge in [-0.25, -0.2) is 4.39 Å². The van der Waals surface area contributed by atoms with E-state index in [1.807, 2.05) is 45.9 Å². The van der Waals surface area contributed by atoms with E-state index >= 15 is 0 Å². The first-order valence-corrected chi connectivity index (χ1v) is 12.4. The van der Waals surface area contributed by atoms with Crippen LogP contribution in [0.3, 0.4) is 0 Å². The highest BCUT2D eigenvalue weighted by Crippen LogP contribution is 2.44. The van der Waals surface area contributed by atoms with Crippen LogP contribution in [0.1, 0.15) is 70.6 Å². The molecule has 1 heterocycles. The van der Waals surface area contributed by atoms with Gasteiger partial charge < -0.3 is 5.32 Å². The van der Waals surface area contributed by atoms with E-state index in [1.165, 1.54) is 12.1 Å². The van der Waals surface area contributed by atoms with Gasteiger partial charge in [0.05, 0.1) is 5.52 Å². The molecule has 0 saturated carbocycles. The lowest BCUT2D eigenvalue weighted by atomic mass is 9.70. The first-order chi connectivity index (χ1) is 16.5. The molecule has 6 heteroatoms. The second-order valence-corrected chi connectivity index (χ2v) is 9.54. The van der Waals surface area contributed by atoms with E-state index in [2.05, 4.69) is 10.3 Å². The standard InChI is InChI=1S/C27H32F4N2.C2H6/c1-5-6-14-33-26(27(29,30)31,17-20-13-15-32-24-10-8-7-9-22(20)24)18-25(3,4)23-16-21(28)12-11-19(23)2;1-2/h7-13,15-16,33H,5-6,14,17-18H2,1-4H3;1-2H3. The molecule has 2 aromatic carbocycles. The number of aryl methyl sites for hydroxylation is 1. The largest absolute Gasteiger partial charge is 0.406 e. The number of pyridine rings is 1. The number of para-hydroxylation sites is 1. The summed E-state index contributed by atoms with van der Waals surface area (Å²) in [5.41, 5.74) is -0.486. The van der Waals surface area contributed by atoms with E-state index < -0.39 is 22.9 Å². The molecular weight excluding hydrogens is 452 g/mol. The van der Waals surface area contributed by atoms with Crippen LogP contribution in [0.5, 0.6) is 0 Å². The third-order valence-corrected chi connectivity index (χ3v) is 6.44. The van der Waals surface area contributed by atoms with Gasteiger partial charge in [0.1, 0.15) is 11.4 Å². The number of benzene rings is 2. The second kappa shape index (κ2) is 12.0. The number of hydrogen-bond donors (Lipinski definition) is 1. The highest BCUT2D eigenvalue weighted by atomic mass is 19.4. The average Bonchev–Trinajstić information content (AvgIpc) is 2.81. The Bertz CT molecular complexity index is 1090. The minimum Gasteiger partial charge on any atom is -0.303 e. The van der Waals surface area contributed by atoms with Crippen molar-refractivity contribution in [2.45, 2.75) is 84.4 Å². The van der Waals surface area contributed by atoms with Crippen molar-refractivity contribution in [1.29, 1.82) is 0 Å². The fourth-order valence-corrected chi connectivity index (χ4v) is 4.80. The predicted molar refractivity (Wildman–Crippen MR) is 137 cm³/mol. The molecule has 1 N–H and O–H groups in total. The van der Waals surface area contributed by atoms with Crippen LogP contribution in [0.25, 0.3) is 10.9 Å². The van der Waals surface area contributed by atoms with Crippen molar-refractivity contribution in [1.82, 2.24) is 10.3 Å². The highest BCUT2D eigenvalue weighted by Gasteiger charge is 2.56. The third kappa shape index (κ3) is 6.81. The Morgan fingerprint density at radius 3 is 2.31 bits per heavy atom. The number of nitrogens with one attached hydrogen (secondary N) is 1. The van der Waals surface area contributed by atoms with Gasteiger partial charge in [-0.3, -0.25) is 4.98 Å². The fraction of sp³-hybridized carbons (Fsp3) is 0.483. The maximum atomic E-state index is 15.0. The van der Waals surface area contributed by atoms with E-state index in [-0.39, 0.29) is 19.4 Å². The molecule has 0 bridgehead atoms. The number of halogens is 4. The van der Waals surface area contributed by atoms with Crippen LogP contribution < -0.4 is 5.32 Å². The quantitative estimate of drug-likeness (QED) is 0.241. The summed E-state index contributed by atoms with van der Waals surface area (Å²) >= 11 is 0. The van der Waals surface area contributed by atoms with Crippen molar-refractivity contribution in [2.24, 2.45) is 0 Å². The molecule has 0 amide bonds. The zero-order valence-corrected chi connectivity index (χ0v) is 21.7. The Labute approximate surface area is 207 Å². The van der Waals surface area contributed by atoms with Crippen molar-refractivity contribution in [3.05, 3.63) is 77.2 Å². The highest BCUT2D eigenvalue weighted by molar-refractivity contribution is 5.82. The number of nitrogens with zero attached hydrogens (tertiary/aromatic N) is 1. The number of alkyl halides is 3. The first kappa shape index (κ1) is 28.8. The molecule has 1 atom stereocenters. The molecule has 35 heavy (non-hydrogen) atoms. The van der Waals surface area contributed by atoms with Gasteiger partial charge in [-0.2, -0.15) is 13.2 Å². The predicted octanol–water partition coefficient (Wildman–Crippen LogP) is 8.31. The fourth-order valence-electron chi connectivity index (χ4n) is 4.80. The van der Waals surface area contributed by atoms with Gasteiger partial charge in [-0.05, 0) is 72.7 Å². The molecule has 0 aliphatic heterocycles. The topological polar surface area (TPSA) is 24.9 Å². The molecule has 0 fully saturated rings. The summed E-state index contributed by atoms with van der Waals surface area (Å²) in [7, 11) is 0. The average molecular weight is 491 g/mol. The van der Waals surface area contributed by atoms with E-state index in [9.17, 15) is 17.6 Å². The van der Waals surface area contributed by atoms with Gasteiger partial charge in [-0.1, -0.05) is 65.3 Å². The Morgan fingerprint density at radius 1 is 0.971 bits per heavy atom. The minimum absolute atomic E-state index is 0.228. The Kier molecular flexibility index (Phi) is 9.85. The van der Waals surface area contributed by atoms with Gasteiger partial charge >= 0.3 is 6.18 Å². The zero-order chi connectivity index (χ0) is 26.3. The molecule has 0 spiro atoms. The summed E-state index contributed by atoms with van der Waals surface area (Å²) in [6.45, 7) is 11.5. The Morgan fingerprint density at radius 2 is 1.66 bits per heavy atom. The molecule has 3 rings (SSSR count). The molecule has 3 aromatic rings. The van der Waals surface area contributed by atoms with Crippen LogP contribution in [0.2, 0.25) is 0 Å². The summed E-state index contributed by atoms with van der Waals surface area (Å²) in [4.78, 5) is 4.31. The number of rotatable bonds is 9. The molecule has 0 radical (unpaired) electrons. The summed E-state index contributed by atoms with van der Waals surface area (Å²) in [5, 5.41) is 3.62. The van der Waals surface area contributed by atoms with Gasteiger partial charge in [0.15, 0.2) is 0 Å². The molecular formula is C29H38F4N2. The monoisotopic (exact) mass is 490 g/mol. The zero-order valence-electron chi connectivity index (χ0n) is 21.7. The minimum atomic E-state index is -4.52. The first-order valence-electron chi connectivity index (χ1n) is 12.4. The lowest BCUT2D eigenvalue weighted by molar-refractivity contribution is -0.202.